The van der Waals surface area contributed by atoms with E-state index in [9.17, 15) is 0 Å². The number of hydrogen-bond acceptors (Lipinski definition) is 3. The minimum Gasteiger partial charge on any atom is -0.271 e. The van der Waals surface area contributed by atoms with Crippen LogP contribution in [0.1, 0.15) is 22.0 Å². The summed E-state index contributed by atoms with van der Waals surface area (Å²) in [5, 5.41) is 0. The molecule has 0 amide bonds. The van der Waals surface area contributed by atoms with Gasteiger partial charge in [-0.25, -0.2) is 0 Å². The molecule has 90 valence electrons. The third kappa shape index (κ3) is 3.39. The summed E-state index contributed by atoms with van der Waals surface area (Å²) in [6.07, 6.45) is 0.908. The molecule has 0 aliphatic carbocycles. The fourth-order valence-electron chi connectivity index (χ4n) is 1.83. The number of hydrogen-bond donors (Lipinski definition) is 2. The smallest absolute Gasteiger partial charge is 0.0702 e. The highest BCUT2D eigenvalue weighted by Gasteiger charge is 2.12. The Morgan fingerprint density at radius 2 is 2.18 bits per heavy atom. The van der Waals surface area contributed by atoms with E-state index in [0.717, 1.165) is 10.2 Å². The number of thiophene rings is 1. The van der Waals surface area contributed by atoms with E-state index in [1.807, 2.05) is 0 Å². The molecule has 0 spiro atoms. The maximum atomic E-state index is 5.64. The van der Waals surface area contributed by atoms with E-state index >= 15 is 0 Å². The van der Waals surface area contributed by atoms with Crippen LogP contribution in [0, 0.1) is 6.92 Å². The monoisotopic (exact) mass is 310 g/mol. The van der Waals surface area contributed by atoms with Crippen LogP contribution in [-0.4, -0.2) is 0 Å². The van der Waals surface area contributed by atoms with Gasteiger partial charge >= 0.3 is 0 Å². The third-order valence-electron chi connectivity index (χ3n) is 2.66. The van der Waals surface area contributed by atoms with Crippen molar-refractivity contribution >= 4 is 27.3 Å². The Bertz CT molecular complexity index is 496. The van der Waals surface area contributed by atoms with Crippen molar-refractivity contribution in [3.8, 4) is 0 Å². The van der Waals surface area contributed by atoms with Gasteiger partial charge in [0, 0.05) is 4.88 Å². The van der Waals surface area contributed by atoms with Gasteiger partial charge in [-0.05, 0) is 47.0 Å². The van der Waals surface area contributed by atoms with Crippen LogP contribution < -0.4 is 11.3 Å². The summed E-state index contributed by atoms with van der Waals surface area (Å²) in [6, 6.07) is 12.9. The second kappa shape index (κ2) is 5.78. The molecule has 0 aliphatic rings. The van der Waals surface area contributed by atoms with E-state index < -0.39 is 0 Å². The zero-order chi connectivity index (χ0) is 12.3. The van der Waals surface area contributed by atoms with Crippen molar-refractivity contribution in [3.63, 3.8) is 0 Å². The largest absolute Gasteiger partial charge is 0.271 e. The average molecular weight is 311 g/mol. The van der Waals surface area contributed by atoms with Crippen LogP contribution >= 0.6 is 27.3 Å². The number of hydrazine groups is 1. The normalized spacial score (nSPS) is 12.6. The van der Waals surface area contributed by atoms with Crippen LogP contribution in [0.25, 0.3) is 0 Å². The quantitative estimate of drug-likeness (QED) is 0.669. The van der Waals surface area contributed by atoms with Crippen molar-refractivity contribution in [3.05, 3.63) is 56.2 Å². The molecule has 2 aromatic rings. The van der Waals surface area contributed by atoms with Crippen LogP contribution in [0.2, 0.25) is 0 Å². The molecule has 1 aromatic heterocycles. The third-order valence-corrected chi connectivity index (χ3v) is 4.40. The lowest BCUT2D eigenvalue weighted by molar-refractivity contribution is 0.560. The highest BCUT2D eigenvalue weighted by Crippen LogP contribution is 2.28. The summed E-state index contributed by atoms with van der Waals surface area (Å²) < 4.78 is 1.14. The predicted molar refractivity (Wildman–Crippen MR) is 77.0 cm³/mol. The van der Waals surface area contributed by atoms with Gasteiger partial charge in [0.1, 0.15) is 0 Å². The van der Waals surface area contributed by atoms with Crippen LogP contribution in [0.15, 0.2) is 40.2 Å². The molecule has 0 radical (unpaired) electrons. The molecule has 2 nitrogen and oxygen atoms in total. The lowest BCUT2D eigenvalue weighted by Gasteiger charge is -2.14. The van der Waals surface area contributed by atoms with Gasteiger partial charge in [0.25, 0.3) is 0 Å². The van der Waals surface area contributed by atoms with Crippen LogP contribution in [0.4, 0.5) is 0 Å². The van der Waals surface area contributed by atoms with E-state index in [1.165, 1.54) is 16.0 Å². The van der Waals surface area contributed by atoms with Gasteiger partial charge in [-0.2, -0.15) is 0 Å². The molecular weight excluding hydrogens is 296 g/mol. The zero-order valence-corrected chi connectivity index (χ0v) is 12.0. The average Bonchev–Trinajstić information content (AvgIpc) is 2.73. The van der Waals surface area contributed by atoms with Crippen molar-refractivity contribution in [2.24, 2.45) is 5.84 Å². The fraction of sp³-hybridized carbons (Fsp3) is 0.231. The first-order valence-corrected chi connectivity index (χ1v) is 7.07. The SMILES string of the molecule is Cc1cccc(CC(NN)c2ccc(Br)s2)c1. The molecule has 2 rings (SSSR count). The summed E-state index contributed by atoms with van der Waals surface area (Å²) >= 11 is 5.19. The second-order valence-electron chi connectivity index (χ2n) is 4.05. The number of aryl methyl sites for hydroxylation is 1. The number of nitrogens with two attached hydrogens (primary N) is 1. The summed E-state index contributed by atoms with van der Waals surface area (Å²) in [5.41, 5.74) is 5.48. The van der Waals surface area contributed by atoms with E-state index in [4.69, 9.17) is 5.84 Å². The van der Waals surface area contributed by atoms with E-state index in [2.05, 4.69) is 64.7 Å². The molecule has 1 aromatic carbocycles. The molecule has 1 heterocycles. The van der Waals surface area contributed by atoms with Gasteiger partial charge in [0.05, 0.1) is 9.83 Å². The maximum absolute atomic E-state index is 5.64. The molecule has 17 heavy (non-hydrogen) atoms. The van der Waals surface area contributed by atoms with Gasteiger partial charge in [0.15, 0.2) is 0 Å². The van der Waals surface area contributed by atoms with Crippen molar-refractivity contribution in [1.29, 1.82) is 0 Å². The minimum atomic E-state index is 0.174. The van der Waals surface area contributed by atoms with Gasteiger partial charge in [-0.1, -0.05) is 29.8 Å². The highest BCUT2D eigenvalue weighted by molar-refractivity contribution is 9.11. The summed E-state index contributed by atoms with van der Waals surface area (Å²) in [5.74, 6) is 5.64. The second-order valence-corrected chi connectivity index (χ2v) is 6.55. The Hall–Kier alpha value is -0.680. The Balaban J connectivity index is 2.15. The van der Waals surface area contributed by atoms with Gasteiger partial charge < -0.3 is 0 Å². The van der Waals surface area contributed by atoms with Crippen molar-refractivity contribution in [2.75, 3.05) is 0 Å². The van der Waals surface area contributed by atoms with E-state index in [-0.39, 0.29) is 6.04 Å². The van der Waals surface area contributed by atoms with Crippen LogP contribution in [-0.2, 0) is 6.42 Å². The van der Waals surface area contributed by atoms with Crippen LogP contribution in [0.3, 0.4) is 0 Å². The summed E-state index contributed by atoms with van der Waals surface area (Å²) in [6.45, 7) is 2.11. The maximum Gasteiger partial charge on any atom is 0.0702 e. The van der Waals surface area contributed by atoms with Gasteiger partial charge in [-0.3, -0.25) is 11.3 Å². The number of nitrogens with one attached hydrogen (secondary N) is 1. The first-order valence-electron chi connectivity index (χ1n) is 5.46. The molecule has 3 N–H and O–H groups in total. The lowest BCUT2D eigenvalue weighted by atomic mass is 10.0. The fourth-order valence-corrected chi connectivity index (χ4v) is 3.32. The molecule has 0 fully saturated rings. The highest BCUT2D eigenvalue weighted by atomic mass is 79.9. The minimum absolute atomic E-state index is 0.174. The predicted octanol–water partition coefficient (Wildman–Crippen LogP) is 3.57. The zero-order valence-electron chi connectivity index (χ0n) is 9.61. The van der Waals surface area contributed by atoms with Crippen molar-refractivity contribution in [2.45, 2.75) is 19.4 Å². The molecule has 1 unspecified atom stereocenters. The Labute approximate surface area is 114 Å². The molecule has 0 saturated carbocycles. The lowest BCUT2D eigenvalue weighted by Crippen LogP contribution is -2.28. The first kappa shape index (κ1) is 12.8. The summed E-state index contributed by atoms with van der Waals surface area (Å²) in [7, 11) is 0. The van der Waals surface area contributed by atoms with Crippen LogP contribution in [0.5, 0.6) is 0 Å². The number of benzene rings is 1. The Morgan fingerprint density at radius 3 is 2.76 bits per heavy atom. The summed E-state index contributed by atoms with van der Waals surface area (Å²) in [4.78, 5) is 1.25. The molecule has 0 aliphatic heterocycles. The topological polar surface area (TPSA) is 38.0 Å². The molecule has 1 atom stereocenters. The number of halogens is 1. The molecule has 0 saturated heterocycles. The van der Waals surface area contributed by atoms with Crippen molar-refractivity contribution in [1.82, 2.24) is 5.43 Å². The molecule has 4 heteroatoms. The van der Waals surface area contributed by atoms with Gasteiger partial charge in [-0.15, -0.1) is 11.3 Å². The van der Waals surface area contributed by atoms with Gasteiger partial charge in [0.2, 0.25) is 0 Å². The molecule has 0 bridgehead atoms. The van der Waals surface area contributed by atoms with E-state index in [0.29, 0.717) is 0 Å². The molecular formula is C13H15BrN2S. The Morgan fingerprint density at radius 1 is 1.35 bits per heavy atom. The van der Waals surface area contributed by atoms with E-state index in [1.54, 1.807) is 11.3 Å². The first-order chi connectivity index (χ1) is 8.19. The standard InChI is InChI=1S/C13H15BrN2S/c1-9-3-2-4-10(7-9)8-11(16-15)12-5-6-13(14)17-12/h2-7,11,16H,8,15H2,1H3. The van der Waals surface area contributed by atoms with Crippen molar-refractivity contribution < 1.29 is 0 Å². The Kier molecular flexibility index (Phi) is 4.34. The number of rotatable bonds is 4.